The van der Waals surface area contributed by atoms with Crippen LogP contribution in [-0.4, -0.2) is 20.6 Å². The lowest BCUT2D eigenvalue weighted by atomic mass is 9.68. The lowest BCUT2D eigenvalue weighted by Crippen LogP contribution is -2.42. The van der Waals surface area contributed by atoms with Crippen LogP contribution in [-0.2, 0) is 20.0 Å². The summed E-state index contributed by atoms with van der Waals surface area (Å²) in [5, 5.41) is 3.60. The van der Waals surface area contributed by atoms with Crippen molar-refractivity contribution < 1.29 is 13.2 Å². The molecule has 2 aromatic carbocycles. The largest absolute Gasteiger partial charge is 0.325 e. The van der Waals surface area contributed by atoms with Gasteiger partial charge in [-0.25, -0.2) is 8.42 Å². The van der Waals surface area contributed by atoms with E-state index in [1.165, 1.54) is 12.1 Å². The molecule has 1 N–H and O–H groups in total. The maximum Gasteiger partial charge on any atom is 0.235 e. The summed E-state index contributed by atoms with van der Waals surface area (Å²) in [4.78, 5) is 13.4. The monoisotopic (exact) mass is 391 g/mol. The molecule has 6 heteroatoms. The lowest BCUT2D eigenvalue weighted by Gasteiger charge is -2.36. The molecule has 0 saturated heterocycles. The van der Waals surface area contributed by atoms with Crippen molar-refractivity contribution in [2.75, 3.05) is 11.6 Å². The van der Waals surface area contributed by atoms with E-state index in [-0.39, 0.29) is 10.8 Å². The van der Waals surface area contributed by atoms with Crippen molar-refractivity contribution in [2.24, 2.45) is 0 Å². The number of carbonyl (C=O) groups is 1. The third-order valence-electron chi connectivity index (χ3n) is 5.06. The fourth-order valence-corrected chi connectivity index (χ4v) is 4.45. The van der Waals surface area contributed by atoms with Gasteiger partial charge in [-0.05, 0) is 54.8 Å². The third-order valence-corrected chi connectivity index (χ3v) is 6.42. The van der Waals surface area contributed by atoms with Gasteiger partial charge in [0.25, 0.3) is 0 Å². The first-order valence-corrected chi connectivity index (χ1v) is 11.0. The fourth-order valence-electron chi connectivity index (χ4n) is 3.62. The van der Waals surface area contributed by atoms with Gasteiger partial charge in [-0.1, -0.05) is 43.0 Å². The Morgan fingerprint density at radius 3 is 2.27 bits per heavy atom. The molecular weight excluding hydrogens is 370 g/mol. The highest BCUT2D eigenvalue weighted by molar-refractivity contribution is 7.90. The molecule has 1 amide bonds. The number of nitrogens with one attached hydrogen (secondary N) is 1. The van der Waals surface area contributed by atoms with Gasteiger partial charge in [0, 0.05) is 17.0 Å². The van der Waals surface area contributed by atoms with Crippen molar-refractivity contribution in [3.8, 4) is 0 Å². The minimum Gasteiger partial charge on any atom is -0.325 e. The van der Waals surface area contributed by atoms with Crippen LogP contribution in [0.1, 0.15) is 37.7 Å². The number of anilines is 1. The van der Waals surface area contributed by atoms with Crippen molar-refractivity contribution >= 4 is 33.0 Å². The van der Waals surface area contributed by atoms with Gasteiger partial charge in [0.15, 0.2) is 9.84 Å². The molecule has 3 rings (SSSR count). The van der Waals surface area contributed by atoms with E-state index in [1.54, 1.807) is 12.1 Å². The van der Waals surface area contributed by atoms with E-state index in [0.717, 1.165) is 43.9 Å². The number of halogens is 1. The number of benzene rings is 2. The molecule has 1 fully saturated rings. The molecule has 1 saturated carbocycles. The van der Waals surface area contributed by atoms with Gasteiger partial charge >= 0.3 is 0 Å². The summed E-state index contributed by atoms with van der Waals surface area (Å²) in [6, 6.07) is 13.8. The summed E-state index contributed by atoms with van der Waals surface area (Å²) < 4.78 is 23.2. The van der Waals surface area contributed by atoms with Crippen LogP contribution < -0.4 is 5.32 Å². The maximum absolute atomic E-state index is 13.2. The normalized spacial score (nSPS) is 16.8. The molecule has 138 valence electrons. The minimum atomic E-state index is -3.26. The molecule has 0 unspecified atom stereocenters. The summed E-state index contributed by atoms with van der Waals surface area (Å²) in [6.07, 6.45) is 5.83. The summed E-state index contributed by atoms with van der Waals surface area (Å²) in [5.74, 6) is -0.0634. The van der Waals surface area contributed by atoms with E-state index in [1.807, 2.05) is 24.3 Å². The zero-order valence-electron chi connectivity index (χ0n) is 14.7. The molecule has 0 atom stereocenters. The third kappa shape index (κ3) is 3.94. The van der Waals surface area contributed by atoms with Crippen molar-refractivity contribution in [3.05, 3.63) is 59.1 Å². The maximum atomic E-state index is 13.2. The number of hydrogen-bond donors (Lipinski definition) is 1. The Bertz CT molecular complexity index is 901. The summed E-state index contributed by atoms with van der Waals surface area (Å²) in [5.41, 5.74) is 0.933. The zero-order valence-corrected chi connectivity index (χ0v) is 16.2. The van der Waals surface area contributed by atoms with E-state index >= 15 is 0 Å². The van der Waals surface area contributed by atoms with E-state index < -0.39 is 15.3 Å². The summed E-state index contributed by atoms with van der Waals surface area (Å²) in [6.45, 7) is 0. The van der Waals surface area contributed by atoms with Gasteiger partial charge in [-0.15, -0.1) is 0 Å². The average molecular weight is 392 g/mol. The first-order chi connectivity index (χ1) is 12.3. The Kier molecular flexibility index (Phi) is 5.39. The fraction of sp³-hybridized carbons (Fsp3) is 0.350. The average Bonchev–Trinajstić information content (AvgIpc) is 2.62. The first kappa shape index (κ1) is 18.9. The second kappa shape index (κ2) is 7.41. The molecule has 2 aromatic rings. The molecule has 0 heterocycles. The highest BCUT2D eigenvalue weighted by Crippen LogP contribution is 2.41. The zero-order chi connectivity index (χ0) is 18.8. The molecule has 4 nitrogen and oxygen atoms in total. The molecule has 1 aliphatic carbocycles. The second-order valence-corrected chi connectivity index (χ2v) is 9.36. The van der Waals surface area contributed by atoms with Gasteiger partial charge in [-0.2, -0.15) is 0 Å². The van der Waals surface area contributed by atoms with E-state index in [0.29, 0.717) is 10.7 Å². The van der Waals surface area contributed by atoms with Crippen molar-refractivity contribution in [3.63, 3.8) is 0 Å². The van der Waals surface area contributed by atoms with Gasteiger partial charge in [-0.3, -0.25) is 4.79 Å². The van der Waals surface area contributed by atoms with Crippen LogP contribution in [0.4, 0.5) is 5.69 Å². The van der Waals surface area contributed by atoms with E-state index in [4.69, 9.17) is 11.6 Å². The van der Waals surface area contributed by atoms with Gasteiger partial charge in [0.1, 0.15) is 0 Å². The number of hydrogen-bond acceptors (Lipinski definition) is 3. The SMILES string of the molecule is CS(=O)(=O)c1ccc(NC(=O)C2(c3cccc(Cl)c3)CCCCC2)cc1. The Balaban J connectivity index is 1.89. The van der Waals surface area contributed by atoms with Crippen LogP contribution in [0.25, 0.3) is 0 Å². The van der Waals surface area contributed by atoms with Crippen molar-refractivity contribution in [1.29, 1.82) is 0 Å². The van der Waals surface area contributed by atoms with Crippen molar-refractivity contribution in [2.45, 2.75) is 42.4 Å². The molecule has 0 aliphatic heterocycles. The Hall–Kier alpha value is -1.85. The van der Waals surface area contributed by atoms with Crippen LogP contribution in [0.3, 0.4) is 0 Å². The predicted octanol–water partition coefficient (Wildman–Crippen LogP) is 4.58. The molecule has 0 spiro atoms. The Morgan fingerprint density at radius 1 is 1.04 bits per heavy atom. The number of sulfone groups is 1. The van der Waals surface area contributed by atoms with Crippen LogP contribution in [0, 0.1) is 0 Å². The molecule has 26 heavy (non-hydrogen) atoms. The lowest BCUT2D eigenvalue weighted by molar-refractivity contribution is -0.122. The van der Waals surface area contributed by atoms with Crippen LogP contribution in [0.5, 0.6) is 0 Å². The topological polar surface area (TPSA) is 63.2 Å². The second-order valence-electron chi connectivity index (χ2n) is 6.90. The van der Waals surface area contributed by atoms with Crippen LogP contribution >= 0.6 is 11.6 Å². The van der Waals surface area contributed by atoms with Crippen molar-refractivity contribution in [1.82, 2.24) is 0 Å². The Morgan fingerprint density at radius 2 is 1.69 bits per heavy atom. The molecule has 1 aliphatic rings. The number of rotatable bonds is 4. The first-order valence-electron chi connectivity index (χ1n) is 8.69. The summed E-state index contributed by atoms with van der Waals surface area (Å²) >= 11 is 6.16. The molecule has 0 radical (unpaired) electrons. The highest BCUT2D eigenvalue weighted by atomic mass is 35.5. The Labute approximate surface area is 159 Å². The molecule has 0 bridgehead atoms. The predicted molar refractivity (Wildman–Crippen MR) is 104 cm³/mol. The number of amides is 1. The minimum absolute atomic E-state index is 0.0634. The van der Waals surface area contributed by atoms with Crippen LogP contribution in [0.2, 0.25) is 5.02 Å². The highest BCUT2D eigenvalue weighted by Gasteiger charge is 2.41. The smallest absolute Gasteiger partial charge is 0.235 e. The quantitative estimate of drug-likeness (QED) is 0.829. The standard InChI is InChI=1S/C20H22ClNO3S/c1-26(24,25)18-10-8-17(9-11-18)22-19(23)20(12-3-2-4-13-20)15-6-5-7-16(21)14-15/h5-11,14H,2-4,12-13H2,1H3,(H,22,23). The van der Waals surface area contributed by atoms with E-state index in [2.05, 4.69) is 5.32 Å². The van der Waals surface area contributed by atoms with Crippen LogP contribution in [0.15, 0.2) is 53.4 Å². The molecule has 0 aromatic heterocycles. The van der Waals surface area contributed by atoms with Gasteiger partial charge in [0.2, 0.25) is 5.91 Å². The molecular formula is C20H22ClNO3S. The number of carbonyl (C=O) groups excluding carboxylic acids is 1. The van der Waals surface area contributed by atoms with E-state index in [9.17, 15) is 13.2 Å². The van der Waals surface area contributed by atoms with Gasteiger partial charge < -0.3 is 5.32 Å². The summed E-state index contributed by atoms with van der Waals surface area (Å²) in [7, 11) is -3.26. The van der Waals surface area contributed by atoms with Gasteiger partial charge in [0.05, 0.1) is 10.3 Å².